The second-order valence-corrected chi connectivity index (χ2v) is 8.22. The van der Waals surface area contributed by atoms with E-state index in [-0.39, 0.29) is 31.0 Å². The Bertz CT molecular complexity index is 344. The van der Waals surface area contributed by atoms with Crippen molar-refractivity contribution in [1.29, 1.82) is 0 Å². The van der Waals surface area contributed by atoms with E-state index in [9.17, 15) is 14.2 Å². The van der Waals surface area contributed by atoms with Crippen molar-refractivity contribution in [2.75, 3.05) is 6.54 Å². The van der Waals surface area contributed by atoms with Crippen LogP contribution in [0.1, 0.15) is 27.1 Å². The van der Waals surface area contributed by atoms with Crippen LogP contribution >= 0.6 is 15.2 Å². The number of aliphatic hydroxyl groups is 1. The van der Waals surface area contributed by atoms with Gasteiger partial charge >= 0.3 is 44.7 Å². The van der Waals surface area contributed by atoms with E-state index in [0.717, 1.165) is 12.8 Å². The molecular formula is C7H18NNaO7P2. The van der Waals surface area contributed by atoms with Gasteiger partial charge in [-0.2, -0.15) is 0 Å². The first-order valence-electron chi connectivity index (χ1n) is 5.15. The second-order valence-electron chi connectivity index (χ2n) is 4.21. The Morgan fingerprint density at radius 1 is 1.17 bits per heavy atom. The Morgan fingerprint density at radius 2 is 1.67 bits per heavy atom. The third-order valence-corrected chi connectivity index (χ3v) is 6.66. The second kappa shape index (κ2) is 6.78. The number of piperidine rings is 1. The molecule has 0 radical (unpaired) electrons. The molecular weight excluding hydrogens is 295 g/mol. The maximum Gasteiger partial charge on any atom is 1.00 e. The van der Waals surface area contributed by atoms with E-state index in [0.29, 0.717) is 13.0 Å². The molecule has 0 saturated carbocycles. The van der Waals surface area contributed by atoms with Crippen LogP contribution in [0, 0.1) is 0 Å². The predicted octanol–water partition coefficient (Wildman–Crippen LogP) is -3.36. The SMILES string of the molecule is O=P(O)(O)C(O)(CC1CCCCN1)P(=O)(O)O.[H-].[Na+]. The largest absolute Gasteiger partial charge is 1.00 e. The molecule has 1 aliphatic heterocycles. The summed E-state index contributed by atoms with van der Waals surface area (Å²) in [6, 6.07) is -0.506. The van der Waals surface area contributed by atoms with E-state index in [1.54, 1.807) is 0 Å². The van der Waals surface area contributed by atoms with Crippen LogP contribution in [0.5, 0.6) is 0 Å². The number of hydrogen-bond acceptors (Lipinski definition) is 4. The molecule has 0 bridgehead atoms. The van der Waals surface area contributed by atoms with E-state index in [1.807, 2.05) is 0 Å². The number of nitrogens with one attached hydrogen (secondary N) is 1. The van der Waals surface area contributed by atoms with Gasteiger partial charge in [-0.15, -0.1) is 0 Å². The van der Waals surface area contributed by atoms with E-state index >= 15 is 0 Å². The van der Waals surface area contributed by atoms with Crippen molar-refractivity contribution in [1.82, 2.24) is 5.32 Å². The molecule has 0 aromatic rings. The third kappa shape index (κ3) is 4.36. The van der Waals surface area contributed by atoms with Crippen LogP contribution in [-0.4, -0.2) is 42.3 Å². The fourth-order valence-corrected chi connectivity index (χ4v) is 4.11. The molecule has 1 fully saturated rings. The Balaban J connectivity index is 0. The summed E-state index contributed by atoms with van der Waals surface area (Å²) in [7, 11) is -10.6. The molecule has 1 rings (SSSR count). The molecule has 11 heteroatoms. The van der Waals surface area contributed by atoms with Gasteiger partial charge in [0.15, 0.2) is 0 Å². The normalized spacial score (nSPS) is 22.4. The van der Waals surface area contributed by atoms with Crippen molar-refractivity contribution < 1.29 is 64.8 Å². The van der Waals surface area contributed by atoms with Crippen LogP contribution in [-0.2, 0) is 9.13 Å². The summed E-state index contributed by atoms with van der Waals surface area (Å²) in [4.78, 5) is 35.8. The fourth-order valence-electron chi connectivity index (χ4n) is 1.84. The molecule has 0 aromatic carbocycles. The minimum Gasteiger partial charge on any atom is -1.00 e. The fraction of sp³-hybridized carbons (Fsp3) is 1.00. The van der Waals surface area contributed by atoms with Crippen molar-refractivity contribution in [2.45, 2.75) is 36.8 Å². The van der Waals surface area contributed by atoms with E-state index in [2.05, 4.69) is 5.32 Å². The molecule has 1 heterocycles. The van der Waals surface area contributed by atoms with Crippen molar-refractivity contribution in [3.05, 3.63) is 0 Å². The number of hydrogen-bond donors (Lipinski definition) is 6. The first-order valence-corrected chi connectivity index (χ1v) is 8.37. The van der Waals surface area contributed by atoms with Crippen molar-refractivity contribution in [2.24, 2.45) is 0 Å². The molecule has 0 amide bonds. The summed E-state index contributed by atoms with van der Waals surface area (Å²) in [5, 5.41) is 9.25. The molecule has 0 aromatic heterocycles. The summed E-state index contributed by atoms with van der Waals surface area (Å²) < 4.78 is 22.2. The van der Waals surface area contributed by atoms with Gasteiger partial charge in [0.1, 0.15) is 0 Å². The summed E-state index contributed by atoms with van der Waals surface area (Å²) >= 11 is 0. The molecule has 0 spiro atoms. The topological polar surface area (TPSA) is 147 Å². The average molecular weight is 313 g/mol. The van der Waals surface area contributed by atoms with E-state index < -0.39 is 32.7 Å². The van der Waals surface area contributed by atoms with Crippen LogP contribution in [0.4, 0.5) is 0 Å². The van der Waals surface area contributed by atoms with Crippen molar-refractivity contribution in [3.8, 4) is 0 Å². The van der Waals surface area contributed by atoms with Gasteiger partial charge in [0.25, 0.3) is 5.08 Å². The van der Waals surface area contributed by atoms with Crippen LogP contribution in [0.2, 0.25) is 0 Å². The Morgan fingerprint density at radius 3 is 2.00 bits per heavy atom. The molecule has 1 aliphatic rings. The Hall–Kier alpha value is 1.22. The molecule has 8 nitrogen and oxygen atoms in total. The minimum absolute atomic E-state index is 0. The van der Waals surface area contributed by atoms with Crippen molar-refractivity contribution in [3.63, 3.8) is 0 Å². The van der Waals surface area contributed by atoms with Gasteiger partial charge in [-0.1, -0.05) is 6.42 Å². The summed E-state index contributed by atoms with van der Waals surface area (Å²) in [5.41, 5.74) is 0. The minimum atomic E-state index is -5.32. The summed E-state index contributed by atoms with van der Waals surface area (Å²) in [5.74, 6) is 0. The number of rotatable bonds is 4. The first-order chi connectivity index (χ1) is 7.58. The standard InChI is InChI=1S/C7H17NO7P2.Na.H/c9-7(16(10,11)12,17(13,14)15)5-6-3-1-2-4-8-6;;/h6,8-9H,1-5H2,(H2,10,11,12)(H2,13,14,15);;/q;+1;-1. The molecule has 1 saturated heterocycles. The Labute approximate surface area is 128 Å². The van der Waals surface area contributed by atoms with Crippen molar-refractivity contribution >= 4 is 15.2 Å². The van der Waals surface area contributed by atoms with Crippen LogP contribution in [0.15, 0.2) is 0 Å². The third-order valence-electron chi connectivity index (χ3n) is 2.87. The van der Waals surface area contributed by atoms with Crippen LogP contribution in [0.3, 0.4) is 0 Å². The quantitative estimate of drug-likeness (QED) is 0.233. The maximum absolute atomic E-state index is 11.1. The van der Waals surface area contributed by atoms with Gasteiger partial charge < -0.3 is 31.4 Å². The molecule has 1 atom stereocenters. The molecule has 104 valence electrons. The molecule has 6 N–H and O–H groups in total. The van der Waals surface area contributed by atoms with Gasteiger partial charge in [0.2, 0.25) is 0 Å². The predicted molar refractivity (Wildman–Crippen MR) is 60.4 cm³/mol. The zero-order valence-corrected chi connectivity index (χ0v) is 13.8. The summed E-state index contributed by atoms with van der Waals surface area (Å²) in [6.07, 6.45) is 1.53. The van der Waals surface area contributed by atoms with Gasteiger partial charge in [0.05, 0.1) is 0 Å². The van der Waals surface area contributed by atoms with E-state index in [1.165, 1.54) is 0 Å². The van der Waals surface area contributed by atoms with Gasteiger partial charge in [-0.05, 0) is 19.4 Å². The zero-order valence-electron chi connectivity index (χ0n) is 11.1. The molecule has 18 heavy (non-hydrogen) atoms. The van der Waals surface area contributed by atoms with Gasteiger partial charge in [-0.3, -0.25) is 9.13 Å². The molecule has 1 unspecified atom stereocenters. The monoisotopic (exact) mass is 313 g/mol. The van der Waals surface area contributed by atoms with Gasteiger partial charge in [0, 0.05) is 12.5 Å². The van der Waals surface area contributed by atoms with Crippen LogP contribution < -0.4 is 34.9 Å². The van der Waals surface area contributed by atoms with E-state index in [4.69, 9.17) is 19.6 Å². The maximum atomic E-state index is 11.1. The van der Waals surface area contributed by atoms with Gasteiger partial charge in [-0.25, -0.2) is 0 Å². The molecule has 0 aliphatic carbocycles. The summed E-state index contributed by atoms with van der Waals surface area (Å²) in [6.45, 7) is 0.600. The van der Waals surface area contributed by atoms with Crippen LogP contribution in [0.25, 0.3) is 0 Å². The Kier molecular flexibility index (Phi) is 7.24. The first kappa shape index (κ1) is 19.2. The zero-order chi connectivity index (χ0) is 13.3. The average Bonchev–Trinajstić information content (AvgIpc) is 2.15. The smallest absolute Gasteiger partial charge is 1.00 e.